The molecule has 0 saturated carbocycles. The summed E-state index contributed by atoms with van der Waals surface area (Å²) >= 11 is 5.62. The Balaban J connectivity index is 3.75. The highest BCUT2D eigenvalue weighted by Gasteiger charge is 2.35. The summed E-state index contributed by atoms with van der Waals surface area (Å²) < 4.78 is 33.5. The third-order valence-corrected chi connectivity index (χ3v) is 1.07. The van der Waals surface area contributed by atoms with Gasteiger partial charge in [0.05, 0.1) is 9.65 Å². The molecule has 0 saturated heterocycles. The average Bonchev–Trinajstić information content (AvgIpc) is 1.14. The van der Waals surface area contributed by atoms with Crippen LogP contribution < -0.4 is 0 Å². The highest BCUT2D eigenvalue weighted by molar-refractivity contribution is 9.25. The van der Waals surface area contributed by atoms with Gasteiger partial charge in [-0.15, -0.1) is 0 Å². The van der Waals surface area contributed by atoms with Gasteiger partial charge in [0.25, 0.3) is 0 Å². The summed E-state index contributed by atoms with van der Waals surface area (Å²) in [4.78, 5) is 0. The second-order valence-corrected chi connectivity index (χ2v) is 6.43. The van der Waals surface area contributed by atoms with Crippen molar-refractivity contribution in [1.29, 1.82) is 0 Å². The Kier molecular flexibility index (Phi) is 3.01. The Hall–Kier alpha value is 0.750. The van der Waals surface area contributed by atoms with Crippen LogP contribution in [-0.2, 0) is 0 Å². The van der Waals surface area contributed by atoms with Crippen LogP contribution in [0.25, 0.3) is 0 Å². The van der Waals surface area contributed by atoms with Crippen LogP contribution in [0.5, 0.6) is 0 Å². The minimum Gasteiger partial charge on any atom is -0.171 e. The largest absolute Gasteiger partial charge is 0.391 e. The van der Waals surface area contributed by atoms with E-state index in [9.17, 15) is 13.2 Å². The molecule has 0 aromatic heterocycles. The maximum Gasteiger partial charge on any atom is 0.391 e. The van der Waals surface area contributed by atoms with Gasteiger partial charge in [-0.25, -0.2) is 0 Å². The first-order chi connectivity index (χ1) is 3.71. The van der Waals surface area contributed by atoms with Gasteiger partial charge >= 0.3 is 6.18 Å². The van der Waals surface area contributed by atoms with E-state index in [4.69, 9.17) is 0 Å². The van der Waals surface area contributed by atoms with Crippen molar-refractivity contribution in [3.05, 3.63) is 0 Å². The van der Waals surface area contributed by atoms with Crippen molar-refractivity contribution >= 4 is 31.9 Å². The first kappa shape index (κ1) is 9.75. The molecule has 5 heteroatoms. The van der Waals surface area contributed by atoms with E-state index in [2.05, 4.69) is 31.9 Å². The lowest BCUT2D eigenvalue weighted by atomic mass is 10.3. The quantitative estimate of drug-likeness (QED) is 0.640. The molecule has 0 aliphatic rings. The summed E-state index contributed by atoms with van der Waals surface area (Å²) in [5, 5.41) is 0. The van der Waals surface area contributed by atoms with Crippen LogP contribution in [0.2, 0.25) is 0 Å². The Morgan fingerprint density at radius 3 is 1.56 bits per heavy atom. The number of hydrogen-bond acceptors (Lipinski definition) is 0. The number of hydrogen-bond donors (Lipinski definition) is 0. The highest BCUT2D eigenvalue weighted by Crippen LogP contribution is 2.37. The van der Waals surface area contributed by atoms with Crippen molar-refractivity contribution < 1.29 is 13.2 Å². The molecule has 0 radical (unpaired) electrons. The predicted octanol–water partition coefficient (Wildman–Crippen LogP) is 3.44. The minimum absolute atomic E-state index is 0.875. The molecule has 0 rings (SSSR count). The van der Waals surface area contributed by atoms with Crippen LogP contribution in [0.3, 0.4) is 0 Å². The Morgan fingerprint density at radius 1 is 1.22 bits per heavy atom. The van der Waals surface area contributed by atoms with Gasteiger partial charge in [0.2, 0.25) is 0 Å². The van der Waals surface area contributed by atoms with E-state index in [1.807, 2.05) is 0 Å². The fourth-order valence-electron chi connectivity index (χ4n) is 0.352. The van der Waals surface area contributed by atoms with Crippen LogP contribution in [-0.4, -0.2) is 9.41 Å². The molecule has 0 spiro atoms. The molecular formula is C4H5Br2F3. The van der Waals surface area contributed by atoms with Crippen molar-refractivity contribution in [2.75, 3.05) is 0 Å². The summed E-state index contributed by atoms with van der Waals surface area (Å²) in [6.45, 7) is 1.40. The van der Waals surface area contributed by atoms with Gasteiger partial charge in [-0.2, -0.15) is 13.2 Å². The van der Waals surface area contributed by atoms with Crippen LogP contribution >= 0.6 is 31.9 Å². The van der Waals surface area contributed by atoms with Gasteiger partial charge in [-0.3, -0.25) is 0 Å². The Bertz CT molecular complexity index is 79.0. The van der Waals surface area contributed by atoms with Gasteiger partial charge < -0.3 is 0 Å². The minimum atomic E-state index is -4.11. The van der Waals surface area contributed by atoms with Gasteiger partial charge in [-0.05, 0) is 6.92 Å². The SMILES string of the molecule is CC(Br)(Br)CC(F)(F)F. The van der Waals surface area contributed by atoms with E-state index >= 15 is 0 Å². The number of rotatable bonds is 1. The lowest BCUT2D eigenvalue weighted by molar-refractivity contribution is -0.134. The molecule has 0 aliphatic carbocycles. The van der Waals surface area contributed by atoms with Gasteiger partial charge in [0.15, 0.2) is 0 Å². The van der Waals surface area contributed by atoms with Crippen LogP contribution in [0, 0.1) is 0 Å². The number of halogens is 5. The molecule has 9 heavy (non-hydrogen) atoms. The molecule has 0 atom stereocenters. The summed E-state index contributed by atoms with van der Waals surface area (Å²) in [6, 6.07) is 0. The average molecular weight is 270 g/mol. The van der Waals surface area contributed by atoms with Crippen molar-refractivity contribution in [1.82, 2.24) is 0 Å². The first-order valence-electron chi connectivity index (χ1n) is 2.15. The molecule has 0 heterocycles. The zero-order chi connectivity index (χ0) is 7.71. The fourth-order valence-corrected chi connectivity index (χ4v) is 0.988. The normalized spacial score (nSPS) is 14.0. The number of alkyl halides is 5. The molecule has 0 unspecified atom stereocenters. The summed E-state index contributed by atoms with van der Waals surface area (Å²) in [5.74, 6) is 0. The predicted molar refractivity (Wildman–Crippen MR) is 36.9 cm³/mol. The smallest absolute Gasteiger partial charge is 0.171 e. The Labute approximate surface area is 68.1 Å². The van der Waals surface area contributed by atoms with Crippen LogP contribution in [0.1, 0.15) is 13.3 Å². The summed E-state index contributed by atoms with van der Waals surface area (Å²) in [5.41, 5.74) is 0. The van der Waals surface area contributed by atoms with Gasteiger partial charge in [0, 0.05) is 0 Å². The van der Waals surface area contributed by atoms with Crippen molar-refractivity contribution in [2.45, 2.75) is 22.8 Å². The van der Waals surface area contributed by atoms with Crippen LogP contribution in [0.4, 0.5) is 13.2 Å². The van der Waals surface area contributed by atoms with E-state index in [-0.39, 0.29) is 0 Å². The van der Waals surface area contributed by atoms with E-state index in [1.54, 1.807) is 0 Å². The zero-order valence-electron chi connectivity index (χ0n) is 4.60. The molecular weight excluding hydrogens is 265 g/mol. The topological polar surface area (TPSA) is 0 Å². The van der Waals surface area contributed by atoms with E-state index < -0.39 is 15.8 Å². The van der Waals surface area contributed by atoms with E-state index in [0.29, 0.717) is 0 Å². The molecule has 0 aromatic rings. The van der Waals surface area contributed by atoms with Crippen LogP contribution in [0.15, 0.2) is 0 Å². The zero-order valence-corrected chi connectivity index (χ0v) is 7.77. The third kappa shape index (κ3) is 8.75. The van der Waals surface area contributed by atoms with E-state index in [0.717, 1.165) is 0 Å². The summed E-state index contributed by atoms with van der Waals surface area (Å²) in [7, 11) is 0. The van der Waals surface area contributed by atoms with Gasteiger partial charge in [-0.1, -0.05) is 31.9 Å². The maximum atomic E-state index is 11.5. The molecule has 56 valence electrons. The van der Waals surface area contributed by atoms with E-state index in [1.165, 1.54) is 6.92 Å². The first-order valence-corrected chi connectivity index (χ1v) is 3.74. The summed E-state index contributed by atoms with van der Waals surface area (Å²) in [6.07, 6.45) is -4.98. The van der Waals surface area contributed by atoms with Gasteiger partial charge in [0.1, 0.15) is 0 Å². The molecule has 0 amide bonds. The fraction of sp³-hybridized carbons (Fsp3) is 1.00. The molecule has 0 aromatic carbocycles. The lowest BCUT2D eigenvalue weighted by Gasteiger charge is -2.15. The monoisotopic (exact) mass is 268 g/mol. The second-order valence-electron chi connectivity index (χ2n) is 1.86. The van der Waals surface area contributed by atoms with Crippen molar-refractivity contribution in [3.63, 3.8) is 0 Å². The highest BCUT2D eigenvalue weighted by atomic mass is 79.9. The molecule has 0 N–H and O–H groups in total. The molecule has 0 nitrogen and oxygen atoms in total. The van der Waals surface area contributed by atoms with Crippen molar-refractivity contribution in [2.24, 2.45) is 0 Å². The lowest BCUT2D eigenvalue weighted by Crippen LogP contribution is -2.18. The standard InChI is InChI=1S/C4H5Br2F3/c1-3(5,6)2-4(7,8)9/h2H2,1H3. The second kappa shape index (κ2) is 2.78. The molecule has 0 bridgehead atoms. The molecule has 0 aliphatic heterocycles. The third-order valence-electron chi connectivity index (χ3n) is 0.511. The molecule has 0 fully saturated rings. The Morgan fingerprint density at radius 2 is 1.56 bits per heavy atom. The van der Waals surface area contributed by atoms with Crippen molar-refractivity contribution in [3.8, 4) is 0 Å². The maximum absolute atomic E-state index is 11.5.